The first kappa shape index (κ1) is 22.7. The summed E-state index contributed by atoms with van der Waals surface area (Å²) < 4.78 is 45.9. The van der Waals surface area contributed by atoms with E-state index in [9.17, 15) is 18.0 Å². The van der Waals surface area contributed by atoms with Gasteiger partial charge in [0.05, 0.1) is 17.7 Å². The predicted octanol–water partition coefficient (Wildman–Crippen LogP) is 3.29. The molecule has 1 aliphatic rings. The van der Waals surface area contributed by atoms with Crippen molar-refractivity contribution in [2.75, 3.05) is 26.2 Å². The summed E-state index contributed by atoms with van der Waals surface area (Å²) in [6.45, 7) is 2.55. The Morgan fingerprint density at radius 1 is 1.09 bits per heavy atom. The average molecular weight is 483 g/mol. The van der Waals surface area contributed by atoms with E-state index in [1.807, 2.05) is 4.90 Å². The Morgan fingerprint density at radius 2 is 1.91 bits per heavy atom. The van der Waals surface area contributed by atoms with Gasteiger partial charge in [-0.25, -0.2) is 9.97 Å². The van der Waals surface area contributed by atoms with Crippen LogP contribution in [-0.2, 0) is 12.7 Å². The molecule has 1 amide bonds. The van der Waals surface area contributed by atoms with Crippen LogP contribution in [0.2, 0.25) is 0 Å². The molecule has 0 atom stereocenters. The van der Waals surface area contributed by atoms with Crippen LogP contribution in [0.3, 0.4) is 0 Å². The van der Waals surface area contributed by atoms with Gasteiger partial charge in [-0.15, -0.1) is 0 Å². The lowest BCUT2D eigenvalue weighted by Crippen LogP contribution is -2.48. The zero-order valence-electron chi connectivity index (χ0n) is 18.4. The number of pyridine rings is 1. The van der Waals surface area contributed by atoms with Crippen LogP contribution in [0.15, 0.2) is 65.8 Å². The van der Waals surface area contributed by atoms with E-state index >= 15 is 0 Å². The summed E-state index contributed by atoms with van der Waals surface area (Å²) in [5.74, 6) is 0.981. The molecule has 1 aromatic carbocycles. The molecule has 0 aliphatic carbocycles. The molecule has 35 heavy (non-hydrogen) atoms. The maximum absolute atomic E-state index is 13.0. The van der Waals surface area contributed by atoms with Crippen LogP contribution in [0.5, 0.6) is 0 Å². The van der Waals surface area contributed by atoms with Crippen molar-refractivity contribution >= 4 is 5.91 Å². The standard InChI is InChI=1S/C23H20F3N7O2/c24-23(25,26)18-3-1-2-16(12-18)21-29-20(35-30-21)14-31-8-10-32(11-9-31)22(34)17-4-5-19(28-13-17)33-7-6-27-15-33/h1-7,12-13,15H,8-11,14H2. The average Bonchev–Trinajstić information content (AvgIpc) is 3.57. The van der Waals surface area contributed by atoms with E-state index in [0.717, 1.165) is 12.1 Å². The first-order chi connectivity index (χ1) is 16.9. The van der Waals surface area contributed by atoms with Crippen LogP contribution in [0, 0.1) is 0 Å². The summed E-state index contributed by atoms with van der Waals surface area (Å²) >= 11 is 0. The monoisotopic (exact) mass is 483 g/mol. The third-order valence-corrected chi connectivity index (χ3v) is 5.70. The van der Waals surface area contributed by atoms with Gasteiger partial charge in [0.2, 0.25) is 11.7 Å². The lowest BCUT2D eigenvalue weighted by atomic mass is 10.1. The van der Waals surface area contributed by atoms with Crippen LogP contribution in [0.1, 0.15) is 21.8 Å². The molecule has 0 N–H and O–H groups in total. The number of aromatic nitrogens is 5. The van der Waals surface area contributed by atoms with Gasteiger partial charge in [-0.2, -0.15) is 18.2 Å². The molecule has 180 valence electrons. The van der Waals surface area contributed by atoms with Gasteiger partial charge in [-0.3, -0.25) is 14.3 Å². The SMILES string of the molecule is O=C(c1ccc(-n2ccnc2)nc1)N1CCN(Cc2nc(-c3cccc(C(F)(F)F)c3)no2)CC1. The van der Waals surface area contributed by atoms with Gasteiger partial charge in [-0.1, -0.05) is 17.3 Å². The van der Waals surface area contributed by atoms with Gasteiger partial charge in [0, 0.05) is 50.3 Å². The number of imidazole rings is 1. The molecule has 5 rings (SSSR count). The maximum atomic E-state index is 13.0. The molecule has 0 bridgehead atoms. The molecule has 0 spiro atoms. The molecule has 1 fully saturated rings. The summed E-state index contributed by atoms with van der Waals surface area (Å²) in [5, 5.41) is 3.83. The van der Waals surface area contributed by atoms with Crippen LogP contribution in [0.25, 0.3) is 17.2 Å². The van der Waals surface area contributed by atoms with Gasteiger partial charge in [0.1, 0.15) is 12.1 Å². The van der Waals surface area contributed by atoms with Crippen molar-refractivity contribution in [3.63, 3.8) is 0 Å². The molecule has 9 nitrogen and oxygen atoms in total. The van der Waals surface area contributed by atoms with Crippen molar-refractivity contribution < 1.29 is 22.5 Å². The van der Waals surface area contributed by atoms with Crippen molar-refractivity contribution in [3.8, 4) is 17.2 Å². The number of piperazine rings is 1. The fourth-order valence-electron chi connectivity index (χ4n) is 3.81. The third-order valence-electron chi connectivity index (χ3n) is 5.70. The van der Waals surface area contributed by atoms with E-state index in [1.54, 1.807) is 46.5 Å². The number of alkyl halides is 3. The number of rotatable bonds is 5. The summed E-state index contributed by atoms with van der Waals surface area (Å²) in [5.41, 5.74) is -0.0310. The second kappa shape index (κ2) is 9.29. The fourth-order valence-corrected chi connectivity index (χ4v) is 3.81. The largest absolute Gasteiger partial charge is 0.416 e. The molecule has 0 saturated carbocycles. The lowest BCUT2D eigenvalue weighted by Gasteiger charge is -2.33. The van der Waals surface area contributed by atoms with Crippen molar-refractivity contribution in [3.05, 3.63) is 78.3 Å². The van der Waals surface area contributed by atoms with Crippen LogP contribution in [-0.4, -0.2) is 66.6 Å². The van der Waals surface area contributed by atoms with E-state index in [4.69, 9.17) is 4.52 Å². The predicted molar refractivity (Wildman–Crippen MR) is 117 cm³/mol. The minimum atomic E-state index is -4.45. The molecule has 0 radical (unpaired) electrons. The first-order valence-electron chi connectivity index (χ1n) is 10.8. The quantitative estimate of drug-likeness (QED) is 0.430. The number of hydrogen-bond acceptors (Lipinski definition) is 7. The molecule has 1 saturated heterocycles. The normalized spacial score (nSPS) is 14.9. The third kappa shape index (κ3) is 5.06. The molecule has 12 heteroatoms. The number of halogens is 3. The Bertz CT molecular complexity index is 1300. The Labute approximate surface area is 197 Å². The van der Waals surface area contributed by atoms with Crippen LogP contribution < -0.4 is 0 Å². The number of carbonyl (C=O) groups is 1. The zero-order valence-corrected chi connectivity index (χ0v) is 18.4. The van der Waals surface area contributed by atoms with Gasteiger partial charge in [-0.05, 0) is 24.3 Å². The van der Waals surface area contributed by atoms with Crippen molar-refractivity contribution in [2.45, 2.75) is 12.7 Å². The molecule has 1 aliphatic heterocycles. The van der Waals surface area contributed by atoms with E-state index in [1.165, 1.54) is 12.1 Å². The van der Waals surface area contributed by atoms with Crippen LogP contribution >= 0.6 is 0 Å². The molecule has 3 aromatic heterocycles. The van der Waals surface area contributed by atoms with Crippen molar-refractivity contribution in [2.24, 2.45) is 0 Å². The Morgan fingerprint density at radius 3 is 2.60 bits per heavy atom. The molecular formula is C23H20F3N7O2. The zero-order chi connectivity index (χ0) is 24.4. The van der Waals surface area contributed by atoms with E-state index in [2.05, 4.69) is 20.1 Å². The Balaban J connectivity index is 1.17. The number of benzene rings is 1. The minimum Gasteiger partial charge on any atom is -0.338 e. The smallest absolute Gasteiger partial charge is 0.338 e. The minimum absolute atomic E-state index is 0.0982. The fraction of sp³-hybridized carbons (Fsp3) is 0.261. The summed E-state index contributed by atoms with van der Waals surface area (Å²) in [7, 11) is 0. The number of amides is 1. The maximum Gasteiger partial charge on any atom is 0.416 e. The second-order valence-electron chi connectivity index (χ2n) is 8.03. The van der Waals surface area contributed by atoms with Crippen LogP contribution in [0.4, 0.5) is 13.2 Å². The highest BCUT2D eigenvalue weighted by Crippen LogP contribution is 2.31. The van der Waals surface area contributed by atoms with E-state index in [-0.39, 0.29) is 17.3 Å². The van der Waals surface area contributed by atoms with Gasteiger partial charge >= 0.3 is 6.18 Å². The van der Waals surface area contributed by atoms with Crippen molar-refractivity contribution in [1.82, 2.24) is 34.5 Å². The summed E-state index contributed by atoms with van der Waals surface area (Å²) in [6, 6.07) is 8.31. The van der Waals surface area contributed by atoms with Gasteiger partial charge in [0.25, 0.3) is 5.91 Å². The Hall–Kier alpha value is -4.06. The Kier molecular flexibility index (Phi) is 6.03. The molecule has 0 unspecified atom stereocenters. The van der Waals surface area contributed by atoms with E-state index < -0.39 is 11.7 Å². The van der Waals surface area contributed by atoms with Crippen molar-refractivity contribution in [1.29, 1.82) is 0 Å². The van der Waals surface area contributed by atoms with Gasteiger partial charge < -0.3 is 9.42 Å². The highest BCUT2D eigenvalue weighted by atomic mass is 19.4. The highest BCUT2D eigenvalue weighted by molar-refractivity contribution is 5.94. The topological polar surface area (TPSA) is 93.2 Å². The number of hydrogen-bond donors (Lipinski definition) is 0. The molecular weight excluding hydrogens is 463 g/mol. The molecule has 4 heterocycles. The molecule has 4 aromatic rings. The number of carbonyl (C=O) groups excluding carboxylic acids is 1. The highest BCUT2D eigenvalue weighted by Gasteiger charge is 2.31. The summed E-state index contributed by atoms with van der Waals surface area (Å²) in [6.07, 6.45) is 2.17. The summed E-state index contributed by atoms with van der Waals surface area (Å²) in [4.78, 5) is 29.2. The van der Waals surface area contributed by atoms with Gasteiger partial charge in [0.15, 0.2) is 0 Å². The lowest BCUT2D eigenvalue weighted by molar-refractivity contribution is -0.137. The van der Waals surface area contributed by atoms with E-state index in [0.29, 0.717) is 50.0 Å². The first-order valence-corrected chi connectivity index (χ1v) is 10.8. The number of nitrogens with zero attached hydrogens (tertiary/aromatic N) is 7. The second-order valence-corrected chi connectivity index (χ2v) is 8.03.